The van der Waals surface area contributed by atoms with E-state index in [0.717, 1.165) is 105 Å². The summed E-state index contributed by atoms with van der Waals surface area (Å²) in [5, 5.41) is 8.99. The maximum absolute atomic E-state index is 6.96. The number of hydrogen-bond acceptors (Lipinski definition) is 4. The molecule has 0 amide bonds. The minimum absolute atomic E-state index is 0.829. The fourth-order valence-corrected chi connectivity index (χ4v) is 10.7. The standard InChI is InChI=1S/C68H44N2O2/c1-3-16-45(17-4-1)47-34-37-54(38-35-47)70(64-30-15-27-60-61-43-48-20-7-8-21-49(48)44-66(61)72-68(60)64)62-28-11-9-24-57(62)53-22-13-23-55(42-53)69(63-29-14-26-59-58-25-10-12-31-65(58)71-67(59)63)56-39-36-51-40-50(32-33-52(51)41-56)46-18-5-2-6-19-46/h1-44H. The molecule has 0 spiro atoms. The summed E-state index contributed by atoms with van der Waals surface area (Å²) in [5.41, 5.74) is 16.2. The summed E-state index contributed by atoms with van der Waals surface area (Å²) in [5.74, 6) is 0. The highest BCUT2D eigenvalue weighted by molar-refractivity contribution is 6.14. The van der Waals surface area contributed by atoms with E-state index in [2.05, 4.69) is 271 Å². The van der Waals surface area contributed by atoms with Crippen molar-refractivity contribution in [3.8, 4) is 33.4 Å². The first-order chi connectivity index (χ1) is 35.7. The molecule has 0 unspecified atom stereocenters. The van der Waals surface area contributed by atoms with Crippen molar-refractivity contribution in [3.63, 3.8) is 0 Å². The molecule has 0 bridgehead atoms. The van der Waals surface area contributed by atoms with E-state index in [1.165, 1.54) is 27.5 Å². The molecule has 4 heteroatoms. The number of nitrogens with zero attached hydrogens (tertiary/aromatic N) is 2. The number of hydrogen-bond donors (Lipinski definition) is 0. The van der Waals surface area contributed by atoms with Gasteiger partial charge in [0.05, 0.1) is 17.1 Å². The second-order valence-electron chi connectivity index (χ2n) is 18.5. The second-order valence-corrected chi connectivity index (χ2v) is 18.5. The van der Waals surface area contributed by atoms with Crippen LogP contribution in [-0.4, -0.2) is 0 Å². The highest BCUT2D eigenvalue weighted by Crippen LogP contribution is 2.48. The average molecular weight is 921 g/mol. The van der Waals surface area contributed by atoms with Gasteiger partial charge in [0.25, 0.3) is 0 Å². The zero-order valence-corrected chi connectivity index (χ0v) is 39.1. The van der Waals surface area contributed by atoms with Gasteiger partial charge in [0, 0.05) is 44.2 Å². The zero-order chi connectivity index (χ0) is 47.5. The molecule has 0 N–H and O–H groups in total. The Morgan fingerprint density at radius 2 is 0.736 bits per heavy atom. The molecule has 0 saturated carbocycles. The van der Waals surface area contributed by atoms with Crippen LogP contribution in [-0.2, 0) is 0 Å². The number of fused-ring (bicyclic) bond motifs is 8. The van der Waals surface area contributed by atoms with Crippen LogP contribution in [0.5, 0.6) is 0 Å². The molecule has 0 radical (unpaired) electrons. The fraction of sp³-hybridized carbons (Fsp3) is 0. The summed E-state index contributed by atoms with van der Waals surface area (Å²) in [4.78, 5) is 4.71. The second kappa shape index (κ2) is 17.1. The lowest BCUT2D eigenvalue weighted by Crippen LogP contribution is -2.12. The summed E-state index contributed by atoms with van der Waals surface area (Å²) in [6, 6.07) is 95.4. The van der Waals surface area contributed by atoms with Gasteiger partial charge in [0.2, 0.25) is 0 Å². The van der Waals surface area contributed by atoms with E-state index in [4.69, 9.17) is 8.83 Å². The summed E-state index contributed by atoms with van der Waals surface area (Å²) in [6.07, 6.45) is 0. The number of furan rings is 2. The minimum Gasteiger partial charge on any atom is -0.454 e. The molecule has 14 aromatic rings. The van der Waals surface area contributed by atoms with Gasteiger partial charge in [0.1, 0.15) is 11.2 Å². The predicted octanol–water partition coefficient (Wildman–Crippen LogP) is 19.7. The largest absolute Gasteiger partial charge is 0.454 e. The molecule has 2 aromatic heterocycles. The Morgan fingerprint density at radius 1 is 0.236 bits per heavy atom. The van der Waals surface area contributed by atoms with Gasteiger partial charge in [-0.2, -0.15) is 0 Å². The van der Waals surface area contributed by atoms with Crippen LogP contribution in [0.1, 0.15) is 0 Å². The molecular formula is C68H44N2O2. The van der Waals surface area contributed by atoms with Crippen LogP contribution in [0.15, 0.2) is 276 Å². The molecule has 0 saturated heterocycles. The maximum atomic E-state index is 6.96. The van der Waals surface area contributed by atoms with E-state index >= 15 is 0 Å². The van der Waals surface area contributed by atoms with Crippen molar-refractivity contribution in [2.75, 3.05) is 9.80 Å². The Morgan fingerprint density at radius 3 is 1.53 bits per heavy atom. The molecule has 4 nitrogen and oxygen atoms in total. The quantitative estimate of drug-likeness (QED) is 0.144. The van der Waals surface area contributed by atoms with E-state index < -0.39 is 0 Å². The lowest BCUT2D eigenvalue weighted by molar-refractivity contribution is 0.669. The Balaban J connectivity index is 0.952. The Labute approximate surface area is 416 Å². The SMILES string of the molecule is c1ccc(-c2ccc(N(c3ccccc3-c3cccc(N(c4ccc5cc(-c6ccccc6)ccc5c4)c4cccc5c4oc4ccccc45)c3)c3cccc4c3oc3cc5ccccc5cc34)cc2)cc1. The topological polar surface area (TPSA) is 32.8 Å². The summed E-state index contributed by atoms with van der Waals surface area (Å²) >= 11 is 0. The Hall–Kier alpha value is -9.64. The highest BCUT2D eigenvalue weighted by atomic mass is 16.3. The molecule has 0 aliphatic carbocycles. The van der Waals surface area contributed by atoms with Crippen molar-refractivity contribution in [1.29, 1.82) is 0 Å². The van der Waals surface area contributed by atoms with Gasteiger partial charge in [-0.15, -0.1) is 0 Å². The lowest BCUT2D eigenvalue weighted by atomic mass is 9.99. The minimum atomic E-state index is 0.829. The predicted molar refractivity (Wildman–Crippen MR) is 302 cm³/mol. The van der Waals surface area contributed by atoms with Gasteiger partial charge in [-0.1, -0.05) is 188 Å². The third-order valence-electron chi connectivity index (χ3n) is 14.2. The van der Waals surface area contributed by atoms with Crippen molar-refractivity contribution in [1.82, 2.24) is 0 Å². The smallest absolute Gasteiger partial charge is 0.159 e. The van der Waals surface area contributed by atoms with Crippen LogP contribution < -0.4 is 9.80 Å². The van der Waals surface area contributed by atoms with E-state index in [1.807, 2.05) is 6.07 Å². The van der Waals surface area contributed by atoms with Crippen LogP contribution in [0.3, 0.4) is 0 Å². The molecule has 338 valence electrons. The number of anilines is 6. The molecule has 0 atom stereocenters. The summed E-state index contributed by atoms with van der Waals surface area (Å²) < 4.78 is 13.7. The summed E-state index contributed by atoms with van der Waals surface area (Å²) in [7, 11) is 0. The van der Waals surface area contributed by atoms with E-state index in [1.54, 1.807) is 0 Å². The molecule has 72 heavy (non-hydrogen) atoms. The first kappa shape index (κ1) is 41.3. The lowest BCUT2D eigenvalue weighted by Gasteiger charge is -2.29. The molecule has 14 rings (SSSR count). The van der Waals surface area contributed by atoms with Crippen molar-refractivity contribution in [3.05, 3.63) is 267 Å². The zero-order valence-electron chi connectivity index (χ0n) is 39.1. The Bertz CT molecular complexity index is 4340. The van der Waals surface area contributed by atoms with E-state index in [9.17, 15) is 0 Å². The van der Waals surface area contributed by atoms with Crippen LogP contribution in [0.25, 0.3) is 98.8 Å². The highest BCUT2D eigenvalue weighted by Gasteiger charge is 2.24. The van der Waals surface area contributed by atoms with Gasteiger partial charge < -0.3 is 18.6 Å². The monoisotopic (exact) mass is 920 g/mol. The van der Waals surface area contributed by atoms with Crippen LogP contribution >= 0.6 is 0 Å². The first-order valence-electron chi connectivity index (χ1n) is 24.5. The Kier molecular flexibility index (Phi) is 9.82. The van der Waals surface area contributed by atoms with E-state index in [0.29, 0.717) is 0 Å². The molecule has 0 aliphatic rings. The number of para-hydroxylation sites is 4. The third kappa shape index (κ3) is 7.08. The fourth-order valence-electron chi connectivity index (χ4n) is 10.7. The van der Waals surface area contributed by atoms with Gasteiger partial charge in [-0.3, -0.25) is 0 Å². The number of rotatable bonds is 9. The normalized spacial score (nSPS) is 11.6. The van der Waals surface area contributed by atoms with Crippen LogP contribution in [0.4, 0.5) is 34.1 Å². The molecule has 0 aliphatic heterocycles. The maximum Gasteiger partial charge on any atom is 0.159 e. The van der Waals surface area contributed by atoms with Gasteiger partial charge in [-0.05, 0) is 128 Å². The third-order valence-corrected chi connectivity index (χ3v) is 14.2. The molecule has 2 heterocycles. The molecule has 0 fully saturated rings. The van der Waals surface area contributed by atoms with E-state index in [-0.39, 0.29) is 0 Å². The van der Waals surface area contributed by atoms with Crippen LogP contribution in [0, 0.1) is 0 Å². The first-order valence-corrected chi connectivity index (χ1v) is 24.5. The van der Waals surface area contributed by atoms with Gasteiger partial charge in [0.15, 0.2) is 11.2 Å². The van der Waals surface area contributed by atoms with Crippen molar-refractivity contribution >= 4 is 99.5 Å². The van der Waals surface area contributed by atoms with Crippen LogP contribution in [0.2, 0.25) is 0 Å². The van der Waals surface area contributed by atoms with Crippen molar-refractivity contribution in [2.24, 2.45) is 0 Å². The molecular weight excluding hydrogens is 877 g/mol. The summed E-state index contributed by atoms with van der Waals surface area (Å²) in [6.45, 7) is 0. The average Bonchev–Trinajstić information content (AvgIpc) is 4.02. The van der Waals surface area contributed by atoms with Crippen molar-refractivity contribution < 1.29 is 8.83 Å². The van der Waals surface area contributed by atoms with Gasteiger partial charge >= 0.3 is 0 Å². The molecule has 12 aromatic carbocycles. The van der Waals surface area contributed by atoms with Gasteiger partial charge in [-0.25, -0.2) is 0 Å². The van der Waals surface area contributed by atoms with Crippen molar-refractivity contribution in [2.45, 2.75) is 0 Å². The number of benzene rings is 12.